The number of carbonyl (C=O) groups excluding carboxylic acids is 2. The van der Waals surface area contributed by atoms with Gasteiger partial charge < -0.3 is 15.8 Å². The standard InChI is InChI=1S/C25H21F3N6O3/c1-15-13-20(37-2)11-12-21(15)31-24(36)34(23(29)35)19-7-3-16(4-8-19)22-30-14-33(32-22)18-9-5-17(6-10-18)25(26,27)28/h3-14H,1-2H3,(H2,29,35)(H,31,36). The molecule has 1 heterocycles. The highest BCUT2D eigenvalue weighted by Crippen LogP contribution is 2.30. The first-order valence-electron chi connectivity index (χ1n) is 10.8. The highest BCUT2D eigenvalue weighted by molar-refractivity contribution is 6.17. The summed E-state index contributed by atoms with van der Waals surface area (Å²) < 4.78 is 44.9. The first kappa shape index (κ1) is 25.2. The molecule has 0 spiro atoms. The number of aryl methyl sites for hydroxylation is 1. The molecule has 0 saturated heterocycles. The Morgan fingerprint density at radius 1 is 1.03 bits per heavy atom. The molecule has 0 bridgehead atoms. The van der Waals surface area contributed by atoms with Crippen LogP contribution in [0.1, 0.15) is 11.1 Å². The number of amides is 4. The van der Waals surface area contributed by atoms with E-state index in [2.05, 4.69) is 15.4 Å². The van der Waals surface area contributed by atoms with Crippen molar-refractivity contribution in [3.05, 3.63) is 84.2 Å². The number of hydrogen-bond acceptors (Lipinski definition) is 5. The minimum absolute atomic E-state index is 0.210. The molecule has 0 aliphatic carbocycles. The average Bonchev–Trinajstić information content (AvgIpc) is 3.35. The lowest BCUT2D eigenvalue weighted by molar-refractivity contribution is -0.137. The molecule has 12 heteroatoms. The van der Waals surface area contributed by atoms with E-state index >= 15 is 0 Å². The lowest BCUT2D eigenvalue weighted by Gasteiger charge is -2.20. The van der Waals surface area contributed by atoms with Crippen LogP contribution in [0.3, 0.4) is 0 Å². The van der Waals surface area contributed by atoms with Gasteiger partial charge in [0.05, 0.1) is 24.0 Å². The predicted molar refractivity (Wildman–Crippen MR) is 131 cm³/mol. The Balaban J connectivity index is 1.52. The number of hydrogen-bond donors (Lipinski definition) is 2. The number of methoxy groups -OCH3 is 1. The number of nitrogens with two attached hydrogens (primary N) is 1. The summed E-state index contributed by atoms with van der Waals surface area (Å²) in [5.41, 5.74) is 7.06. The van der Waals surface area contributed by atoms with Crippen molar-refractivity contribution < 1.29 is 27.5 Å². The minimum atomic E-state index is -4.43. The summed E-state index contributed by atoms with van der Waals surface area (Å²) >= 11 is 0. The molecule has 0 unspecified atom stereocenters. The van der Waals surface area contributed by atoms with E-state index in [0.717, 1.165) is 22.6 Å². The largest absolute Gasteiger partial charge is 0.497 e. The molecule has 0 aliphatic heterocycles. The third-order valence-corrected chi connectivity index (χ3v) is 5.43. The molecule has 0 aliphatic rings. The van der Waals surface area contributed by atoms with Gasteiger partial charge in [-0.15, -0.1) is 5.10 Å². The third kappa shape index (κ3) is 5.53. The number of benzene rings is 3. The lowest BCUT2D eigenvalue weighted by Crippen LogP contribution is -2.43. The van der Waals surface area contributed by atoms with E-state index in [1.807, 2.05) is 0 Å². The van der Waals surface area contributed by atoms with Gasteiger partial charge >= 0.3 is 18.2 Å². The lowest BCUT2D eigenvalue weighted by atomic mass is 10.2. The van der Waals surface area contributed by atoms with Gasteiger partial charge in [0.2, 0.25) is 0 Å². The quantitative estimate of drug-likeness (QED) is 0.374. The number of carbonyl (C=O) groups is 2. The zero-order valence-corrected chi connectivity index (χ0v) is 19.7. The molecule has 4 amide bonds. The van der Waals surface area contributed by atoms with Crippen LogP contribution in [0, 0.1) is 6.92 Å². The molecular weight excluding hydrogens is 489 g/mol. The Bertz CT molecular complexity index is 1430. The van der Waals surface area contributed by atoms with Gasteiger partial charge in [-0.25, -0.2) is 24.2 Å². The van der Waals surface area contributed by atoms with Crippen LogP contribution in [0.5, 0.6) is 5.75 Å². The van der Waals surface area contributed by atoms with Crippen molar-refractivity contribution in [1.82, 2.24) is 14.8 Å². The highest BCUT2D eigenvalue weighted by Gasteiger charge is 2.30. The van der Waals surface area contributed by atoms with Gasteiger partial charge in [0.1, 0.15) is 12.1 Å². The second-order valence-electron chi connectivity index (χ2n) is 7.89. The second kappa shape index (κ2) is 10.0. The molecule has 0 fully saturated rings. The van der Waals surface area contributed by atoms with Crippen molar-refractivity contribution in [3.8, 4) is 22.8 Å². The summed E-state index contributed by atoms with van der Waals surface area (Å²) in [6.07, 6.45) is -3.07. The number of imide groups is 1. The Labute approximate surface area is 209 Å². The highest BCUT2D eigenvalue weighted by atomic mass is 19.4. The van der Waals surface area contributed by atoms with Crippen LogP contribution in [-0.4, -0.2) is 33.9 Å². The van der Waals surface area contributed by atoms with Crippen LogP contribution in [0.25, 0.3) is 17.1 Å². The van der Waals surface area contributed by atoms with Gasteiger partial charge in [-0.2, -0.15) is 13.2 Å². The van der Waals surface area contributed by atoms with E-state index < -0.39 is 23.8 Å². The Morgan fingerprint density at radius 3 is 2.27 bits per heavy atom. The van der Waals surface area contributed by atoms with Crippen molar-refractivity contribution >= 4 is 23.4 Å². The monoisotopic (exact) mass is 510 g/mol. The maximum atomic E-state index is 12.8. The second-order valence-corrected chi connectivity index (χ2v) is 7.89. The molecule has 4 aromatic rings. The Kier molecular flexibility index (Phi) is 6.83. The maximum Gasteiger partial charge on any atom is 0.416 e. The van der Waals surface area contributed by atoms with Crippen LogP contribution in [0.15, 0.2) is 73.1 Å². The molecule has 3 aromatic carbocycles. The first-order valence-corrected chi connectivity index (χ1v) is 10.8. The Hall–Kier alpha value is -4.87. The van der Waals surface area contributed by atoms with Crippen molar-refractivity contribution in [2.45, 2.75) is 13.1 Å². The van der Waals surface area contributed by atoms with Gasteiger partial charge in [-0.05, 0) is 79.2 Å². The molecule has 9 nitrogen and oxygen atoms in total. The van der Waals surface area contributed by atoms with Gasteiger partial charge in [0, 0.05) is 11.3 Å². The van der Waals surface area contributed by atoms with Crippen LogP contribution in [0.4, 0.5) is 34.1 Å². The summed E-state index contributed by atoms with van der Waals surface area (Å²) in [5, 5.41) is 6.95. The average molecular weight is 510 g/mol. The number of nitrogens with zero attached hydrogens (tertiary/aromatic N) is 4. The van der Waals surface area contributed by atoms with Gasteiger partial charge in [-0.1, -0.05) is 0 Å². The van der Waals surface area contributed by atoms with Crippen LogP contribution in [0.2, 0.25) is 0 Å². The summed E-state index contributed by atoms with van der Waals surface area (Å²) in [4.78, 5) is 29.9. The number of nitrogens with one attached hydrogen (secondary N) is 1. The summed E-state index contributed by atoms with van der Waals surface area (Å²) in [7, 11) is 1.53. The van der Waals surface area contributed by atoms with Crippen molar-refractivity contribution in [2.24, 2.45) is 5.73 Å². The maximum absolute atomic E-state index is 12.8. The van der Waals surface area contributed by atoms with E-state index in [9.17, 15) is 22.8 Å². The number of urea groups is 2. The van der Waals surface area contributed by atoms with Crippen LogP contribution in [-0.2, 0) is 6.18 Å². The van der Waals surface area contributed by atoms with Gasteiger partial charge in [-0.3, -0.25) is 0 Å². The van der Waals surface area contributed by atoms with Gasteiger partial charge in [0.25, 0.3) is 0 Å². The third-order valence-electron chi connectivity index (χ3n) is 5.43. The number of primary amides is 1. The van der Waals surface area contributed by atoms with Crippen molar-refractivity contribution in [1.29, 1.82) is 0 Å². The first-order chi connectivity index (χ1) is 17.6. The molecule has 0 radical (unpaired) electrons. The zero-order valence-electron chi connectivity index (χ0n) is 19.7. The van der Waals surface area contributed by atoms with Crippen LogP contribution < -0.4 is 20.7 Å². The molecule has 1 aromatic heterocycles. The number of rotatable bonds is 5. The fourth-order valence-corrected chi connectivity index (χ4v) is 3.50. The molecule has 3 N–H and O–H groups in total. The molecule has 190 valence electrons. The SMILES string of the molecule is COc1ccc(NC(=O)N(C(N)=O)c2ccc(-c3ncn(-c4ccc(C(F)(F)F)cc4)n3)cc2)c(C)c1. The number of halogens is 3. The van der Waals surface area contributed by atoms with E-state index in [-0.39, 0.29) is 11.5 Å². The predicted octanol–water partition coefficient (Wildman–Crippen LogP) is 5.39. The minimum Gasteiger partial charge on any atom is -0.497 e. The van der Waals surface area contributed by atoms with E-state index in [1.165, 1.54) is 42.4 Å². The topological polar surface area (TPSA) is 115 Å². The Morgan fingerprint density at radius 2 is 1.70 bits per heavy atom. The smallest absolute Gasteiger partial charge is 0.416 e. The number of alkyl halides is 3. The molecular formula is C25H21F3N6O3. The molecule has 0 atom stereocenters. The van der Waals surface area contributed by atoms with E-state index in [0.29, 0.717) is 22.7 Å². The fraction of sp³-hybridized carbons (Fsp3) is 0.120. The normalized spacial score (nSPS) is 11.2. The summed E-state index contributed by atoms with van der Waals surface area (Å²) in [5.74, 6) is 0.905. The molecule has 37 heavy (non-hydrogen) atoms. The number of aromatic nitrogens is 3. The van der Waals surface area contributed by atoms with Crippen LogP contribution >= 0.6 is 0 Å². The molecule has 0 saturated carbocycles. The summed E-state index contributed by atoms with van der Waals surface area (Å²) in [6.45, 7) is 1.78. The molecule has 4 rings (SSSR count). The number of ether oxygens (including phenoxy) is 1. The van der Waals surface area contributed by atoms with E-state index in [4.69, 9.17) is 10.5 Å². The summed E-state index contributed by atoms with van der Waals surface area (Å²) in [6, 6.07) is 14.0. The van der Waals surface area contributed by atoms with Gasteiger partial charge in [0.15, 0.2) is 5.82 Å². The van der Waals surface area contributed by atoms with Crippen molar-refractivity contribution in [3.63, 3.8) is 0 Å². The number of anilines is 2. The van der Waals surface area contributed by atoms with E-state index in [1.54, 1.807) is 37.3 Å². The fourth-order valence-electron chi connectivity index (χ4n) is 3.50. The zero-order chi connectivity index (χ0) is 26.7. The van der Waals surface area contributed by atoms with Crippen molar-refractivity contribution in [2.75, 3.05) is 17.3 Å².